The summed E-state index contributed by atoms with van der Waals surface area (Å²) < 4.78 is 22.5. The molecule has 1 aliphatic rings. The Morgan fingerprint density at radius 2 is 1.55 bits per heavy atom. The van der Waals surface area contributed by atoms with Crippen LogP contribution in [-0.2, 0) is 22.6 Å². The zero-order chi connectivity index (χ0) is 30.2. The van der Waals surface area contributed by atoms with Gasteiger partial charge in [0, 0.05) is 17.1 Å². The van der Waals surface area contributed by atoms with Gasteiger partial charge in [-0.25, -0.2) is 0 Å². The number of methoxy groups -OCH3 is 2. The van der Waals surface area contributed by atoms with E-state index >= 15 is 0 Å². The lowest BCUT2D eigenvalue weighted by molar-refractivity contribution is -0.140. The maximum Gasteiger partial charge on any atom is 0.271 e. The Labute approximate surface area is 250 Å². The topological polar surface area (TPSA) is 98.1 Å². The summed E-state index contributed by atoms with van der Waals surface area (Å²) in [6.45, 7) is 4.29. The van der Waals surface area contributed by atoms with Gasteiger partial charge in [-0.2, -0.15) is 5.26 Å². The van der Waals surface area contributed by atoms with Crippen molar-refractivity contribution in [1.82, 2.24) is 4.90 Å². The van der Waals surface area contributed by atoms with E-state index in [1.54, 1.807) is 69.7 Å². The molecule has 0 atom stereocenters. The molecule has 4 rings (SSSR count). The predicted octanol–water partition coefficient (Wildman–Crippen LogP) is 6.17. The molecule has 0 spiro atoms. The SMILES string of the molecule is CCOc1cc(/C=C2/C(=O)N(CCc3ccc(OC)c(OC)c3)C(=O)C(C#N)=C2C)ccc1OCc1ccc(Cl)cc1. The third-order valence-electron chi connectivity index (χ3n) is 6.78. The first-order chi connectivity index (χ1) is 20.3. The van der Waals surface area contributed by atoms with Crippen LogP contribution in [0.25, 0.3) is 6.08 Å². The highest BCUT2D eigenvalue weighted by molar-refractivity contribution is 6.30. The fourth-order valence-corrected chi connectivity index (χ4v) is 4.65. The van der Waals surface area contributed by atoms with E-state index in [2.05, 4.69) is 0 Å². The van der Waals surface area contributed by atoms with Crippen molar-refractivity contribution in [2.45, 2.75) is 26.9 Å². The molecule has 0 unspecified atom stereocenters. The van der Waals surface area contributed by atoms with E-state index in [1.807, 2.05) is 31.2 Å². The Kier molecular flexibility index (Phi) is 9.89. The zero-order valence-electron chi connectivity index (χ0n) is 23.9. The first-order valence-corrected chi connectivity index (χ1v) is 13.7. The highest BCUT2D eigenvalue weighted by Crippen LogP contribution is 2.33. The number of hydrogen-bond donors (Lipinski definition) is 0. The molecule has 0 N–H and O–H groups in total. The van der Waals surface area contributed by atoms with E-state index in [1.165, 1.54) is 0 Å². The number of halogens is 1. The van der Waals surface area contributed by atoms with Crippen LogP contribution in [0.1, 0.15) is 30.5 Å². The monoisotopic (exact) mass is 586 g/mol. The molecule has 0 bridgehead atoms. The van der Waals surface area contributed by atoms with Crippen LogP contribution >= 0.6 is 11.6 Å². The number of amides is 2. The molecule has 2 amide bonds. The third kappa shape index (κ3) is 6.76. The summed E-state index contributed by atoms with van der Waals surface area (Å²) in [6.07, 6.45) is 2.04. The maximum atomic E-state index is 13.6. The van der Waals surface area contributed by atoms with Gasteiger partial charge in [0.05, 0.1) is 20.8 Å². The lowest BCUT2D eigenvalue weighted by Crippen LogP contribution is -2.43. The summed E-state index contributed by atoms with van der Waals surface area (Å²) in [5, 5.41) is 10.4. The number of imide groups is 1. The van der Waals surface area contributed by atoms with Crippen molar-refractivity contribution in [3.8, 4) is 29.1 Å². The maximum absolute atomic E-state index is 13.6. The van der Waals surface area contributed by atoms with Gasteiger partial charge in [-0.3, -0.25) is 14.5 Å². The molecule has 0 saturated heterocycles. The highest BCUT2D eigenvalue weighted by Gasteiger charge is 2.35. The Balaban J connectivity index is 1.59. The summed E-state index contributed by atoms with van der Waals surface area (Å²) in [6, 6.07) is 20.1. The Morgan fingerprint density at radius 1 is 0.857 bits per heavy atom. The average molecular weight is 587 g/mol. The van der Waals surface area contributed by atoms with E-state index < -0.39 is 11.8 Å². The minimum Gasteiger partial charge on any atom is -0.493 e. The second kappa shape index (κ2) is 13.7. The van der Waals surface area contributed by atoms with Gasteiger partial charge < -0.3 is 18.9 Å². The summed E-state index contributed by atoms with van der Waals surface area (Å²) in [5.41, 5.74) is 2.97. The van der Waals surface area contributed by atoms with E-state index in [0.717, 1.165) is 16.0 Å². The molecule has 0 fully saturated rings. The Bertz CT molecular complexity index is 1590. The molecule has 1 aliphatic heterocycles. The third-order valence-corrected chi connectivity index (χ3v) is 7.04. The molecule has 216 valence electrons. The largest absolute Gasteiger partial charge is 0.493 e. The van der Waals surface area contributed by atoms with Crippen molar-refractivity contribution in [2.24, 2.45) is 0 Å². The average Bonchev–Trinajstić information content (AvgIpc) is 3.00. The molecule has 0 saturated carbocycles. The normalized spacial score (nSPS) is 14.2. The molecular formula is C33H31ClN2O6. The van der Waals surface area contributed by atoms with Gasteiger partial charge in [-0.15, -0.1) is 0 Å². The first-order valence-electron chi connectivity index (χ1n) is 13.3. The molecule has 1 heterocycles. The highest BCUT2D eigenvalue weighted by atomic mass is 35.5. The number of hydrogen-bond acceptors (Lipinski definition) is 7. The fraction of sp³-hybridized carbons (Fsp3) is 0.242. The van der Waals surface area contributed by atoms with Crippen molar-refractivity contribution >= 4 is 29.5 Å². The Hall–Kier alpha value is -4.74. The van der Waals surface area contributed by atoms with Crippen molar-refractivity contribution in [2.75, 3.05) is 27.4 Å². The van der Waals surface area contributed by atoms with Crippen LogP contribution in [0.15, 0.2) is 77.4 Å². The van der Waals surface area contributed by atoms with E-state index in [0.29, 0.717) is 58.8 Å². The number of ether oxygens (including phenoxy) is 4. The first kappa shape index (κ1) is 30.2. The molecule has 42 heavy (non-hydrogen) atoms. The predicted molar refractivity (Wildman–Crippen MR) is 160 cm³/mol. The molecule has 0 aromatic heterocycles. The van der Waals surface area contributed by atoms with Gasteiger partial charge in [0.25, 0.3) is 11.8 Å². The molecule has 0 radical (unpaired) electrons. The summed E-state index contributed by atoms with van der Waals surface area (Å²) in [5.74, 6) is 1.09. The van der Waals surface area contributed by atoms with Crippen molar-refractivity contribution in [3.63, 3.8) is 0 Å². The number of benzene rings is 3. The number of nitrogens with zero attached hydrogens (tertiary/aromatic N) is 2. The van der Waals surface area contributed by atoms with Crippen LogP contribution in [-0.4, -0.2) is 44.1 Å². The summed E-state index contributed by atoms with van der Waals surface area (Å²) in [4.78, 5) is 27.8. The number of rotatable bonds is 11. The van der Waals surface area contributed by atoms with Crippen molar-refractivity contribution in [3.05, 3.63) is 99.1 Å². The van der Waals surface area contributed by atoms with Gasteiger partial charge in [-0.1, -0.05) is 35.9 Å². The van der Waals surface area contributed by atoms with Gasteiger partial charge in [-0.05, 0) is 85.0 Å². The molecule has 3 aromatic carbocycles. The van der Waals surface area contributed by atoms with E-state index in [9.17, 15) is 14.9 Å². The molecule has 9 heteroatoms. The van der Waals surface area contributed by atoms with E-state index in [4.69, 9.17) is 30.5 Å². The van der Waals surface area contributed by atoms with Gasteiger partial charge >= 0.3 is 0 Å². The smallest absolute Gasteiger partial charge is 0.271 e. The second-order valence-electron chi connectivity index (χ2n) is 9.43. The molecular weight excluding hydrogens is 556 g/mol. The van der Waals surface area contributed by atoms with Gasteiger partial charge in [0.2, 0.25) is 0 Å². The summed E-state index contributed by atoms with van der Waals surface area (Å²) in [7, 11) is 3.09. The molecule has 8 nitrogen and oxygen atoms in total. The van der Waals surface area contributed by atoms with Crippen LogP contribution in [0.5, 0.6) is 23.0 Å². The fourth-order valence-electron chi connectivity index (χ4n) is 4.52. The van der Waals surface area contributed by atoms with Crippen molar-refractivity contribution in [1.29, 1.82) is 5.26 Å². The van der Waals surface area contributed by atoms with Crippen LogP contribution < -0.4 is 18.9 Å². The van der Waals surface area contributed by atoms with Gasteiger partial charge in [0.15, 0.2) is 23.0 Å². The lowest BCUT2D eigenvalue weighted by atomic mass is 9.93. The van der Waals surface area contributed by atoms with Crippen LogP contribution in [0.3, 0.4) is 0 Å². The standard InChI is InChI=1S/C33H31ClN2O6/c1-5-41-31-18-24(9-13-29(31)42-20-23-6-10-25(34)11-7-23)16-26-21(2)27(19-35)33(38)36(32(26)37)15-14-22-8-12-28(39-3)30(17-22)40-4/h6-13,16-18H,5,14-15,20H2,1-4H3/b26-16+. The minimum atomic E-state index is -0.612. The van der Waals surface area contributed by atoms with Crippen molar-refractivity contribution < 1.29 is 28.5 Å². The number of carbonyl (C=O) groups is 2. The number of carbonyl (C=O) groups excluding carboxylic acids is 2. The lowest BCUT2D eigenvalue weighted by Gasteiger charge is -2.27. The van der Waals surface area contributed by atoms with Crippen LogP contribution in [0.4, 0.5) is 0 Å². The number of nitriles is 1. The molecule has 3 aromatic rings. The quantitative estimate of drug-likeness (QED) is 0.196. The second-order valence-corrected chi connectivity index (χ2v) is 9.86. The summed E-state index contributed by atoms with van der Waals surface area (Å²) >= 11 is 5.97. The van der Waals surface area contributed by atoms with Gasteiger partial charge in [0.1, 0.15) is 18.2 Å². The zero-order valence-corrected chi connectivity index (χ0v) is 24.7. The Morgan fingerprint density at radius 3 is 2.21 bits per heavy atom. The van der Waals surface area contributed by atoms with Crippen LogP contribution in [0.2, 0.25) is 5.02 Å². The minimum absolute atomic E-state index is 0.0684. The molecule has 0 aliphatic carbocycles. The van der Waals surface area contributed by atoms with Crippen LogP contribution in [0, 0.1) is 11.3 Å². The van der Waals surface area contributed by atoms with E-state index in [-0.39, 0.29) is 17.7 Å².